The third-order valence-corrected chi connectivity index (χ3v) is 3.27. The number of carbonyl (C=O) groups excluding carboxylic acids is 1. The monoisotopic (exact) mass is 319 g/mol. The second-order valence-electron chi connectivity index (χ2n) is 4.03. The van der Waals surface area contributed by atoms with Crippen LogP contribution in [-0.2, 0) is 6.54 Å². The molecule has 2 rings (SSSR count). The highest BCUT2D eigenvalue weighted by Crippen LogP contribution is 2.22. The number of hydrogen-bond acceptors (Lipinski definition) is 2. The average Bonchev–Trinajstić information content (AvgIpc) is 2.42. The molecule has 0 unspecified atom stereocenters. The summed E-state index contributed by atoms with van der Waals surface area (Å²) in [4.78, 5) is 11.7. The van der Waals surface area contributed by atoms with Crippen molar-refractivity contribution in [2.45, 2.75) is 6.54 Å². The van der Waals surface area contributed by atoms with Crippen molar-refractivity contribution in [3.63, 3.8) is 0 Å². The molecule has 0 radical (unpaired) electrons. The molecule has 0 fully saturated rings. The Kier molecular flexibility index (Phi) is 4.41. The highest BCUT2D eigenvalue weighted by molar-refractivity contribution is 9.10. The molecule has 0 saturated heterocycles. The lowest BCUT2D eigenvalue weighted by Gasteiger charge is -2.08. The van der Waals surface area contributed by atoms with Gasteiger partial charge >= 0.3 is 6.03 Å². The molecule has 2 amide bonds. The first kappa shape index (κ1) is 13.4. The molecule has 98 valence electrons. The molecule has 0 aliphatic carbocycles. The quantitative estimate of drug-likeness (QED) is 0.759. The summed E-state index contributed by atoms with van der Waals surface area (Å²) in [6, 6.07) is 14.7. The highest BCUT2D eigenvalue weighted by Gasteiger charge is 2.03. The SMILES string of the molecule is Nc1cc(NC(=O)NCc2ccccc2)ccc1Br. The lowest BCUT2D eigenvalue weighted by Crippen LogP contribution is -2.28. The van der Waals surface area contributed by atoms with Crippen LogP contribution in [0.5, 0.6) is 0 Å². The number of carbonyl (C=O) groups is 1. The van der Waals surface area contributed by atoms with Crippen molar-refractivity contribution in [3.05, 3.63) is 58.6 Å². The van der Waals surface area contributed by atoms with Gasteiger partial charge in [0, 0.05) is 22.4 Å². The Morgan fingerprint density at radius 3 is 2.58 bits per heavy atom. The van der Waals surface area contributed by atoms with E-state index in [0.29, 0.717) is 17.9 Å². The van der Waals surface area contributed by atoms with Crippen molar-refractivity contribution < 1.29 is 4.79 Å². The van der Waals surface area contributed by atoms with E-state index in [4.69, 9.17) is 5.73 Å². The minimum Gasteiger partial charge on any atom is -0.398 e. The summed E-state index contributed by atoms with van der Waals surface area (Å²) in [5.74, 6) is 0. The Labute approximate surface area is 120 Å². The van der Waals surface area contributed by atoms with Crippen LogP contribution in [0.3, 0.4) is 0 Å². The standard InChI is InChI=1S/C14H14BrN3O/c15-12-7-6-11(8-13(12)16)18-14(19)17-9-10-4-2-1-3-5-10/h1-8H,9,16H2,(H2,17,18,19). The molecule has 0 aliphatic heterocycles. The van der Waals surface area contributed by atoms with E-state index in [1.165, 1.54) is 0 Å². The molecule has 0 spiro atoms. The zero-order valence-corrected chi connectivity index (χ0v) is 11.8. The highest BCUT2D eigenvalue weighted by atomic mass is 79.9. The molecular weight excluding hydrogens is 306 g/mol. The van der Waals surface area contributed by atoms with Gasteiger partial charge in [-0.1, -0.05) is 30.3 Å². The van der Waals surface area contributed by atoms with Crippen LogP contribution in [0, 0.1) is 0 Å². The molecule has 0 heterocycles. The van der Waals surface area contributed by atoms with Crippen LogP contribution in [0.4, 0.5) is 16.2 Å². The normalized spacial score (nSPS) is 9.95. The van der Waals surface area contributed by atoms with E-state index >= 15 is 0 Å². The van der Waals surface area contributed by atoms with Gasteiger partial charge in [0.1, 0.15) is 0 Å². The van der Waals surface area contributed by atoms with Crippen LogP contribution in [0.25, 0.3) is 0 Å². The largest absolute Gasteiger partial charge is 0.398 e. The minimum absolute atomic E-state index is 0.259. The molecular formula is C14H14BrN3O. The average molecular weight is 320 g/mol. The van der Waals surface area contributed by atoms with Crippen LogP contribution < -0.4 is 16.4 Å². The summed E-state index contributed by atoms with van der Waals surface area (Å²) >= 11 is 3.30. The molecule has 2 aromatic rings. The van der Waals surface area contributed by atoms with Crippen molar-refractivity contribution >= 4 is 33.3 Å². The predicted octanol–water partition coefficient (Wildman–Crippen LogP) is 3.35. The number of hydrogen-bond donors (Lipinski definition) is 3. The fourth-order valence-electron chi connectivity index (χ4n) is 1.57. The van der Waals surface area contributed by atoms with Crippen molar-refractivity contribution in [1.29, 1.82) is 0 Å². The number of anilines is 2. The molecule has 0 aliphatic rings. The van der Waals surface area contributed by atoms with E-state index in [0.717, 1.165) is 10.0 Å². The van der Waals surface area contributed by atoms with Gasteiger partial charge in [-0.05, 0) is 39.7 Å². The van der Waals surface area contributed by atoms with Gasteiger partial charge in [0.25, 0.3) is 0 Å². The lowest BCUT2D eigenvalue weighted by atomic mass is 10.2. The number of nitrogens with two attached hydrogens (primary N) is 1. The Hall–Kier alpha value is -2.01. The summed E-state index contributed by atoms with van der Waals surface area (Å²) in [6.07, 6.45) is 0. The van der Waals surface area contributed by atoms with Crippen molar-refractivity contribution in [1.82, 2.24) is 5.32 Å². The maximum Gasteiger partial charge on any atom is 0.319 e. The van der Waals surface area contributed by atoms with Crippen LogP contribution in [-0.4, -0.2) is 6.03 Å². The molecule has 0 bridgehead atoms. The number of rotatable bonds is 3. The number of urea groups is 1. The van der Waals surface area contributed by atoms with Crippen LogP contribution >= 0.6 is 15.9 Å². The maximum absolute atomic E-state index is 11.7. The van der Waals surface area contributed by atoms with Crippen molar-refractivity contribution in [2.75, 3.05) is 11.1 Å². The lowest BCUT2D eigenvalue weighted by molar-refractivity contribution is 0.251. The molecule has 5 heteroatoms. The summed E-state index contributed by atoms with van der Waals surface area (Å²) in [6.45, 7) is 0.485. The Morgan fingerprint density at radius 1 is 1.16 bits per heavy atom. The van der Waals surface area contributed by atoms with Crippen LogP contribution in [0.2, 0.25) is 0 Å². The number of amides is 2. The molecule has 0 atom stereocenters. The van der Waals surface area contributed by atoms with Gasteiger partial charge in [-0.3, -0.25) is 0 Å². The minimum atomic E-state index is -0.259. The fourth-order valence-corrected chi connectivity index (χ4v) is 1.82. The summed E-state index contributed by atoms with van der Waals surface area (Å²) in [5.41, 5.74) is 8.03. The number of benzene rings is 2. The van der Waals surface area contributed by atoms with Gasteiger partial charge in [-0.25, -0.2) is 4.79 Å². The van der Waals surface area contributed by atoms with Crippen LogP contribution in [0.15, 0.2) is 53.0 Å². The smallest absolute Gasteiger partial charge is 0.319 e. The molecule has 2 aromatic carbocycles. The Morgan fingerprint density at radius 2 is 1.89 bits per heavy atom. The topological polar surface area (TPSA) is 67.1 Å². The Bertz CT molecular complexity index is 572. The van der Waals surface area contributed by atoms with E-state index in [2.05, 4.69) is 26.6 Å². The zero-order chi connectivity index (χ0) is 13.7. The summed E-state index contributed by atoms with van der Waals surface area (Å²) in [7, 11) is 0. The third-order valence-electron chi connectivity index (χ3n) is 2.55. The number of halogens is 1. The number of nitrogen functional groups attached to an aromatic ring is 1. The van der Waals surface area contributed by atoms with Gasteiger partial charge in [0.05, 0.1) is 0 Å². The van der Waals surface area contributed by atoms with Gasteiger partial charge < -0.3 is 16.4 Å². The second kappa shape index (κ2) is 6.24. The van der Waals surface area contributed by atoms with Crippen LogP contribution in [0.1, 0.15) is 5.56 Å². The molecule has 0 aromatic heterocycles. The van der Waals surface area contributed by atoms with E-state index in [-0.39, 0.29) is 6.03 Å². The maximum atomic E-state index is 11.7. The molecule has 4 nitrogen and oxygen atoms in total. The van der Waals surface area contributed by atoms with E-state index in [1.807, 2.05) is 30.3 Å². The van der Waals surface area contributed by atoms with E-state index in [9.17, 15) is 4.79 Å². The van der Waals surface area contributed by atoms with Crippen molar-refractivity contribution in [2.24, 2.45) is 0 Å². The van der Waals surface area contributed by atoms with Crippen molar-refractivity contribution in [3.8, 4) is 0 Å². The first-order chi connectivity index (χ1) is 9.15. The predicted molar refractivity (Wildman–Crippen MR) is 80.9 cm³/mol. The fraction of sp³-hybridized carbons (Fsp3) is 0.0714. The summed E-state index contributed by atoms with van der Waals surface area (Å²) < 4.78 is 0.808. The second-order valence-corrected chi connectivity index (χ2v) is 4.88. The first-order valence-corrected chi connectivity index (χ1v) is 6.58. The molecule has 19 heavy (non-hydrogen) atoms. The Balaban J connectivity index is 1.89. The van der Waals surface area contributed by atoms with E-state index in [1.54, 1.807) is 18.2 Å². The van der Waals surface area contributed by atoms with Gasteiger partial charge in [0.2, 0.25) is 0 Å². The van der Waals surface area contributed by atoms with Gasteiger partial charge in [0.15, 0.2) is 0 Å². The van der Waals surface area contributed by atoms with Gasteiger partial charge in [-0.15, -0.1) is 0 Å². The molecule has 0 saturated carbocycles. The first-order valence-electron chi connectivity index (χ1n) is 5.79. The van der Waals surface area contributed by atoms with E-state index < -0.39 is 0 Å². The van der Waals surface area contributed by atoms with Gasteiger partial charge in [-0.2, -0.15) is 0 Å². The summed E-state index contributed by atoms with van der Waals surface area (Å²) in [5, 5.41) is 5.51. The zero-order valence-electron chi connectivity index (χ0n) is 10.2. The third kappa shape index (κ3) is 3.99. The molecule has 4 N–H and O–H groups in total. The number of nitrogens with one attached hydrogen (secondary N) is 2.